The van der Waals surface area contributed by atoms with Crippen LogP contribution in [-0.4, -0.2) is 6.54 Å². The normalized spacial score (nSPS) is 10.7. The second kappa shape index (κ2) is 7.12. The Morgan fingerprint density at radius 1 is 1.16 bits per heavy atom. The summed E-state index contributed by atoms with van der Waals surface area (Å²) in [7, 11) is 0. The average molecular weight is 389 g/mol. The minimum absolute atomic E-state index is 0.423. The molecule has 0 aliphatic carbocycles. The Kier molecular flexibility index (Phi) is 5.48. The molecule has 3 nitrogen and oxygen atoms in total. The molecule has 1 aromatic heterocycles. The van der Waals surface area contributed by atoms with Gasteiger partial charge < -0.3 is 14.5 Å². The van der Waals surface area contributed by atoms with Crippen LogP contribution in [0.3, 0.4) is 0 Å². The Morgan fingerprint density at radius 3 is 2.68 bits per heavy atom. The van der Waals surface area contributed by atoms with Crippen molar-refractivity contribution in [3.05, 3.63) is 50.8 Å². The first-order chi connectivity index (χ1) is 9.19. The molecule has 0 fully saturated rings. The molecule has 0 unspecified atom stereocenters. The summed E-state index contributed by atoms with van der Waals surface area (Å²) in [6.07, 6.45) is 0. The molecule has 0 saturated heterocycles. The second-order valence-corrected chi connectivity index (χ2v) is 5.78. The van der Waals surface area contributed by atoms with Crippen LogP contribution in [0.5, 0.6) is 5.75 Å². The fourth-order valence-electron chi connectivity index (χ4n) is 1.58. The maximum atomic E-state index is 5.71. The summed E-state index contributed by atoms with van der Waals surface area (Å²) in [5.74, 6) is 2.55. The molecular formula is C14H15Br2NO2. The van der Waals surface area contributed by atoms with Crippen LogP contribution in [0.1, 0.15) is 18.4 Å². The molecule has 0 aliphatic rings. The molecule has 0 bridgehead atoms. The van der Waals surface area contributed by atoms with Gasteiger partial charge in [0, 0.05) is 4.47 Å². The topological polar surface area (TPSA) is 34.4 Å². The number of furan rings is 1. The number of hydrogen-bond donors (Lipinski definition) is 1. The van der Waals surface area contributed by atoms with Crippen LogP contribution in [0.4, 0.5) is 0 Å². The number of halogens is 2. The van der Waals surface area contributed by atoms with Crippen molar-refractivity contribution in [1.29, 1.82) is 0 Å². The van der Waals surface area contributed by atoms with Crippen molar-refractivity contribution < 1.29 is 9.15 Å². The quantitative estimate of drug-likeness (QED) is 0.791. The molecule has 5 heteroatoms. The van der Waals surface area contributed by atoms with Gasteiger partial charge in [-0.25, -0.2) is 0 Å². The van der Waals surface area contributed by atoms with Crippen LogP contribution in [0.25, 0.3) is 0 Å². The Morgan fingerprint density at radius 2 is 1.95 bits per heavy atom. The third kappa shape index (κ3) is 4.37. The van der Waals surface area contributed by atoms with Crippen molar-refractivity contribution in [3.8, 4) is 5.75 Å². The number of hydrogen-bond acceptors (Lipinski definition) is 3. The Hall–Kier alpha value is -0.780. The van der Waals surface area contributed by atoms with E-state index in [4.69, 9.17) is 9.15 Å². The van der Waals surface area contributed by atoms with Crippen LogP contribution < -0.4 is 10.1 Å². The van der Waals surface area contributed by atoms with Crippen molar-refractivity contribution in [2.45, 2.75) is 20.1 Å². The first-order valence-corrected chi connectivity index (χ1v) is 7.64. The summed E-state index contributed by atoms with van der Waals surface area (Å²) in [4.78, 5) is 0. The predicted octanol–water partition coefficient (Wildman–Crippen LogP) is 4.49. The maximum absolute atomic E-state index is 5.71. The number of rotatable bonds is 6. The highest BCUT2D eigenvalue weighted by Gasteiger charge is 2.05. The number of benzene rings is 1. The van der Waals surface area contributed by atoms with E-state index in [0.29, 0.717) is 6.61 Å². The van der Waals surface area contributed by atoms with Crippen molar-refractivity contribution in [1.82, 2.24) is 5.32 Å². The van der Waals surface area contributed by atoms with Crippen molar-refractivity contribution in [2.24, 2.45) is 0 Å². The van der Waals surface area contributed by atoms with Gasteiger partial charge in [0.25, 0.3) is 0 Å². The Labute approximate surface area is 129 Å². The first kappa shape index (κ1) is 14.6. The standard InChI is InChI=1S/C14H15Br2NO2/c1-2-17-8-11-4-5-12(19-11)9-18-14-6-3-10(15)7-13(14)16/h3-7,17H,2,8-9H2,1H3. The lowest BCUT2D eigenvalue weighted by Crippen LogP contribution is -2.10. The SMILES string of the molecule is CCNCc1ccc(COc2ccc(Br)cc2Br)o1. The van der Waals surface area contributed by atoms with E-state index in [0.717, 1.165) is 39.3 Å². The molecule has 0 radical (unpaired) electrons. The zero-order valence-corrected chi connectivity index (χ0v) is 13.8. The van der Waals surface area contributed by atoms with Gasteiger partial charge in [-0.1, -0.05) is 22.9 Å². The molecule has 0 aliphatic heterocycles. The molecule has 0 amide bonds. The van der Waals surface area contributed by atoms with E-state index in [1.54, 1.807) is 0 Å². The lowest BCUT2D eigenvalue weighted by atomic mass is 10.3. The fraction of sp³-hybridized carbons (Fsp3) is 0.286. The molecule has 2 rings (SSSR count). The largest absolute Gasteiger partial charge is 0.484 e. The van der Waals surface area contributed by atoms with Gasteiger partial charge in [-0.3, -0.25) is 0 Å². The van der Waals surface area contributed by atoms with Crippen molar-refractivity contribution >= 4 is 31.9 Å². The highest BCUT2D eigenvalue weighted by Crippen LogP contribution is 2.28. The van der Waals surface area contributed by atoms with Gasteiger partial charge in [-0.05, 0) is 52.8 Å². The van der Waals surface area contributed by atoms with Crippen LogP contribution in [0.15, 0.2) is 43.7 Å². The lowest BCUT2D eigenvalue weighted by molar-refractivity contribution is 0.263. The highest BCUT2D eigenvalue weighted by atomic mass is 79.9. The summed E-state index contributed by atoms with van der Waals surface area (Å²) in [6.45, 7) is 4.17. The van der Waals surface area contributed by atoms with Gasteiger partial charge >= 0.3 is 0 Å². The third-order valence-corrected chi connectivity index (χ3v) is 3.64. The van der Waals surface area contributed by atoms with Gasteiger partial charge in [-0.15, -0.1) is 0 Å². The monoisotopic (exact) mass is 387 g/mol. The van der Waals surface area contributed by atoms with Gasteiger partial charge in [-0.2, -0.15) is 0 Å². The summed E-state index contributed by atoms with van der Waals surface area (Å²) < 4.78 is 13.3. The summed E-state index contributed by atoms with van der Waals surface area (Å²) in [5, 5.41) is 3.22. The van der Waals surface area contributed by atoms with Gasteiger partial charge in [0.2, 0.25) is 0 Å². The maximum Gasteiger partial charge on any atom is 0.146 e. The molecule has 1 heterocycles. The molecule has 2 aromatic rings. The molecule has 1 N–H and O–H groups in total. The fourth-order valence-corrected chi connectivity index (χ4v) is 2.75. The van der Waals surface area contributed by atoms with Crippen molar-refractivity contribution in [3.63, 3.8) is 0 Å². The van der Waals surface area contributed by atoms with E-state index >= 15 is 0 Å². The lowest BCUT2D eigenvalue weighted by Gasteiger charge is -2.06. The summed E-state index contributed by atoms with van der Waals surface area (Å²) >= 11 is 6.87. The molecule has 19 heavy (non-hydrogen) atoms. The van der Waals surface area contributed by atoms with Crippen LogP contribution >= 0.6 is 31.9 Å². The zero-order valence-electron chi connectivity index (χ0n) is 10.6. The van der Waals surface area contributed by atoms with E-state index in [1.165, 1.54) is 0 Å². The molecule has 1 aromatic carbocycles. The Balaban J connectivity index is 1.92. The van der Waals surface area contributed by atoms with E-state index in [9.17, 15) is 0 Å². The van der Waals surface area contributed by atoms with Crippen LogP contribution in [0.2, 0.25) is 0 Å². The minimum Gasteiger partial charge on any atom is -0.484 e. The van der Waals surface area contributed by atoms with Crippen molar-refractivity contribution in [2.75, 3.05) is 6.54 Å². The highest BCUT2D eigenvalue weighted by molar-refractivity contribution is 9.11. The van der Waals surface area contributed by atoms with Gasteiger partial charge in [0.15, 0.2) is 0 Å². The van der Waals surface area contributed by atoms with Gasteiger partial charge in [0.05, 0.1) is 11.0 Å². The average Bonchev–Trinajstić information content (AvgIpc) is 2.83. The van der Waals surface area contributed by atoms with Crippen LogP contribution in [0, 0.1) is 0 Å². The van der Waals surface area contributed by atoms with E-state index < -0.39 is 0 Å². The predicted molar refractivity (Wildman–Crippen MR) is 82.3 cm³/mol. The minimum atomic E-state index is 0.423. The second-order valence-electron chi connectivity index (χ2n) is 4.01. The molecule has 0 saturated carbocycles. The number of nitrogens with one attached hydrogen (secondary N) is 1. The summed E-state index contributed by atoms with van der Waals surface area (Å²) in [5.41, 5.74) is 0. The molecule has 102 valence electrons. The Bertz CT molecular complexity index is 540. The van der Waals surface area contributed by atoms with E-state index in [1.807, 2.05) is 30.3 Å². The summed E-state index contributed by atoms with van der Waals surface area (Å²) in [6, 6.07) is 9.72. The molecule has 0 spiro atoms. The first-order valence-electron chi connectivity index (χ1n) is 6.05. The third-order valence-electron chi connectivity index (χ3n) is 2.53. The van der Waals surface area contributed by atoms with E-state index in [2.05, 4.69) is 44.1 Å². The number of ether oxygens (including phenoxy) is 1. The van der Waals surface area contributed by atoms with Gasteiger partial charge in [0.1, 0.15) is 23.9 Å². The smallest absolute Gasteiger partial charge is 0.146 e. The van der Waals surface area contributed by atoms with Crippen LogP contribution in [-0.2, 0) is 13.2 Å². The zero-order chi connectivity index (χ0) is 13.7. The van der Waals surface area contributed by atoms with E-state index in [-0.39, 0.29) is 0 Å². The molecule has 0 atom stereocenters. The molecular weight excluding hydrogens is 374 g/mol.